The van der Waals surface area contributed by atoms with E-state index in [4.69, 9.17) is 5.73 Å². The number of nitrogens with two attached hydrogens (primary N) is 1. The number of hydrogen-bond acceptors (Lipinski definition) is 3. The molecule has 0 aliphatic carbocycles. The van der Waals surface area contributed by atoms with Crippen LogP contribution in [-0.2, 0) is 0 Å². The number of carbonyl (C=O) groups is 1. The lowest BCUT2D eigenvalue weighted by Gasteiger charge is -1.92. The summed E-state index contributed by atoms with van der Waals surface area (Å²) >= 11 is 0. The van der Waals surface area contributed by atoms with Gasteiger partial charge in [0.15, 0.2) is 0 Å². The summed E-state index contributed by atoms with van der Waals surface area (Å²) in [4.78, 5) is 18.3. The summed E-state index contributed by atoms with van der Waals surface area (Å²) in [6.45, 7) is 0. The van der Waals surface area contributed by atoms with E-state index in [1.807, 2.05) is 0 Å². The second kappa shape index (κ2) is 1.88. The van der Waals surface area contributed by atoms with Crippen LogP contribution in [0.5, 0.6) is 0 Å². The first kappa shape index (κ1) is 6.03. The highest BCUT2D eigenvalue weighted by Crippen LogP contribution is 2.14. The number of aliphatic imine (C=N–C) groups is 1. The maximum atomic E-state index is 11.0. The van der Waals surface area contributed by atoms with Gasteiger partial charge in [-0.05, 0) is 6.07 Å². The molecule has 1 aromatic rings. The van der Waals surface area contributed by atoms with E-state index >= 15 is 0 Å². The van der Waals surface area contributed by atoms with Gasteiger partial charge < -0.3 is 5.73 Å². The molecule has 0 spiro atoms. The lowest BCUT2D eigenvalue weighted by molar-refractivity contribution is 0.101. The summed E-state index contributed by atoms with van der Waals surface area (Å²) in [5.74, 6) is -0.0157. The Balaban J connectivity index is 2.71. The summed E-state index contributed by atoms with van der Waals surface area (Å²) in [5.41, 5.74) is 6.61. The minimum atomic E-state index is -0.300. The molecule has 2 rings (SSSR count). The van der Waals surface area contributed by atoms with E-state index in [9.17, 15) is 4.79 Å². The number of nitrogens with zero attached hydrogens (tertiary/aromatic N) is 2. The average Bonchev–Trinajstić information content (AvgIpc) is 2.30. The fourth-order valence-electron chi connectivity index (χ4n) is 1.02. The minimum absolute atomic E-state index is 0.285. The summed E-state index contributed by atoms with van der Waals surface area (Å²) in [6.07, 6.45) is 3.06. The molecule has 0 radical (unpaired) electrons. The zero-order valence-electron chi connectivity index (χ0n) is 5.61. The van der Waals surface area contributed by atoms with Crippen LogP contribution in [-0.4, -0.2) is 16.7 Å². The molecule has 0 atom stereocenters. The van der Waals surface area contributed by atoms with Crippen molar-refractivity contribution in [2.75, 3.05) is 0 Å². The number of amides is 1. The standard InChI is InChI=1S/C7H5N3O/c8-6-4-1-2-9-3-5(4)7(11)10-6/h1-3H,(H2,8,10,11). The van der Waals surface area contributed by atoms with Gasteiger partial charge in [0.2, 0.25) is 0 Å². The van der Waals surface area contributed by atoms with Crippen molar-refractivity contribution in [2.45, 2.75) is 0 Å². The van der Waals surface area contributed by atoms with Crippen LogP contribution in [0.2, 0.25) is 0 Å². The third-order valence-corrected chi connectivity index (χ3v) is 1.55. The van der Waals surface area contributed by atoms with Crippen molar-refractivity contribution >= 4 is 11.7 Å². The monoisotopic (exact) mass is 147 g/mol. The molecule has 0 aromatic carbocycles. The Labute approximate surface area is 62.8 Å². The highest BCUT2D eigenvalue weighted by Gasteiger charge is 2.20. The normalized spacial score (nSPS) is 14.5. The molecule has 4 heteroatoms. The number of hydrogen-bond donors (Lipinski definition) is 1. The molecule has 1 aliphatic heterocycles. The van der Waals surface area contributed by atoms with Crippen molar-refractivity contribution in [3.63, 3.8) is 0 Å². The first-order chi connectivity index (χ1) is 5.29. The van der Waals surface area contributed by atoms with Gasteiger partial charge in [-0.1, -0.05) is 0 Å². The Bertz CT molecular complexity index is 356. The summed E-state index contributed by atoms with van der Waals surface area (Å²) in [6, 6.07) is 1.68. The Morgan fingerprint density at radius 2 is 2.18 bits per heavy atom. The minimum Gasteiger partial charge on any atom is -0.383 e. The van der Waals surface area contributed by atoms with Crippen LogP contribution in [0.3, 0.4) is 0 Å². The average molecular weight is 147 g/mol. The van der Waals surface area contributed by atoms with Crippen LogP contribution in [0, 0.1) is 0 Å². The molecule has 1 amide bonds. The molecule has 0 unspecified atom stereocenters. The van der Waals surface area contributed by atoms with E-state index < -0.39 is 0 Å². The highest BCUT2D eigenvalue weighted by molar-refractivity contribution is 6.19. The fourth-order valence-corrected chi connectivity index (χ4v) is 1.02. The van der Waals surface area contributed by atoms with Crippen LogP contribution in [0.15, 0.2) is 23.5 Å². The molecule has 0 bridgehead atoms. The predicted molar refractivity (Wildman–Crippen MR) is 39.3 cm³/mol. The van der Waals surface area contributed by atoms with Crippen molar-refractivity contribution in [2.24, 2.45) is 10.7 Å². The summed E-state index contributed by atoms with van der Waals surface area (Å²) in [7, 11) is 0. The number of pyridine rings is 1. The van der Waals surface area contributed by atoms with Gasteiger partial charge in [-0.15, -0.1) is 0 Å². The molecule has 4 nitrogen and oxygen atoms in total. The summed E-state index contributed by atoms with van der Waals surface area (Å²) < 4.78 is 0. The molecular formula is C7H5N3O. The molecule has 0 fully saturated rings. The maximum absolute atomic E-state index is 11.0. The van der Waals surface area contributed by atoms with E-state index in [-0.39, 0.29) is 11.7 Å². The predicted octanol–water partition coefficient (Wildman–Crippen LogP) is -0.0593. The van der Waals surface area contributed by atoms with Crippen LogP contribution in [0.4, 0.5) is 0 Å². The topological polar surface area (TPSA) is 68.3 Å². The largest absolute Gasteiger partial charge is 0.383 e. The fraction of sp³-hybridized carbons (Fsp3) is 0. The van der Waals surface area contributed by atoms with Crippen molar-refractivity contribution in [3.8, 4) is 0 Å². The molecule has 54 valence electrons. The van der Waals surface area contributed by atoms with Gasteiger partial charge in [-0.2, -0.15) is 4.99 Å². The van der Waals surface area contributed by atoms with Crippen LogP contribution >= 0.6 is 0 Å². The highest BCUT2D eigenvalue weighted by atomic mass is 16.1. The van der Waals surface area contributed by atoms with E-state index in [1.165, 1.54) is 6.20 Å². The Morgan fingerprint density at radius 3 is 2.91 bits per heavy atom. The Kier molecular flexibility index (Phi) is 1.03. The molecule has 2 heterocycles. The van der Waals surface area contributed by atoms with Crippen LogP contribution in [0.1, 0.15) is 15.9 Å². The first-order valence-corrected chi connectivity index (χ1v) is 3.12. The second-order valence-electron chi connectivity index (χ2n) is 2.22. The molecule has 11 heavy (non-hydrogen) atoms. The van der Waals surface area contributed by atoms with E-state index in [0.717, 1.165) is 0 Å². The number of amidine groups is 1. The second-order valence-corrected chi connectivity index (χ2v) is 2.22. The number of carbonyl (C=O) groups excluding carboxylic acids is 1. The number of rotatable bonds is 0. The van der Waals surface area contributed by atoms with Gasteiger partial charge in [0.25, 0.3) is 5.91 Å². The lowest BCUT2D eigenvalue weighted by atomic mass is 10.1. The first-order valence-electron chi connectivity index (χ1n) is 3.12. The van der Waals surface area contributed by atoms with Crippen molar-refractivity contribution in [1.29, 1.82) is 0 Å². The van der Waals surface area contributed by atoms with Gasteiger partial charge in [0.05, 0.1) is 5.56 Å². The van der Waals surface area contributed by atoms with E-state index in [2.05, 4.69) is 9.98 Å². The maximum Gasteiger partial charge on any atom is 0.281 e. The molecule has 0 saturated heterocycles. The smallest absolute Gasteiger partial charge is 0.281 e. The summed E-state index contributed by atoms with van der Waals surface area (Å²) in [5, 5.41) is 0. The molecule has 2 N–H and O–H groups in total. The molecule has 0 saturated carbocycles. The zero-order chi connectivity index (χ0) is 7.84. The van der Waals surface area contributed by atoms with E-state index in [0.29, 0.717) is 11.1 Å². The van der Waals surface area contributed by atoms with Crippen molar-refractivity contribution in [3.05, 3.63) is 29.6 Å². The molecular weight excluding hydrogens is 142 g/mol. The third-order valence-electron chi connectivity index (χ3n) is 1.55. The Hall–Kier alpha value is -1.71. The zero-order valence-corrected chi connectivity index (χ0v) is 5.61. The van der Waals surface area contributed by atoms with Gasteiger partial charge in [-0.25, -0.2) is 0 Å². The SMILES string of the molecule is NC1=NC(=O)c2cnccc21. The van der Waals surface area contributed by atoms with Crippen LogP contribution in [0.25, 0.3) is 0 Å². The number of aromatic nitrogens is 1. The van der Waals surface area contributed by atoms with Gasteiger partial charge in [0.1, 0.15) is 5.84 Å². The van der Waals surface area contributed by atoms with Gasteiger partial charge in [0, 0.05) is 18.0 Å². The van der Waals surface area contributed by atoms with Crippen molar-refractivity contribution in [1.82, 2.24) is 4.98 Å². The molecule has 1 aromatic heterocycles. The van der Waals surface area contributed by atoms with Crippen molar-refractivity contribution < 1.29 is 4.79 Å². The third kappa shape index (κ3) is 0.724. The van der Waals surface area contributed by atoms with Gasteiger partial charge in [-0.3, -0.25) is 9.78 Å². The van der Waals surface area contributed by atoms with Gasteiger partial charge >= 0.3 is 0 Å². The molecule has 1 aliphatic rings. The lowest BCUT2D eigenvalue weighted by Crippen LogP contribution is -2.10. The van der Waals surface area contributed by atoms with Crippen LogP contribution < -0.4 is 5.73 Å². The quantitative estimate of drug-likeness (QED) is 0.559. The van der Waals surface area contributed by atoms with E-state index in [1.54, 1.807) is 12.3 Å². The Morgan fingerprint density at radius 1 is 1.36 bits per heavy atom. The number of fused-ring (bicyclic) bond motifs is 1.